The lowest BCUT2D eigenvalue weighted by Gasteiger charge is -2.22. The molecule has 102 valence electrons. The van der Waals surface area contributed by atoms with Crippen molar-refractivity contribution in [3.8, 4) is 0 Å². The summed E-state index contributed by atoms with van der Waals surface area (Å²) in [6.45, 7) is 2.24. The minimum Gasteiger partial charge on any atom is -0.382 e. The fraction of sp³-hybridized carbons (Fsp3) is 0.188. The molecule has 4 nitrogen and oxygen atoms in total. The molecule has 3 rings (SSSR count). The van der Waals surface area contributed by atoms with Gasteiger partial charge in [0.05, 0.1) is 16.9 Å². The van der Waals surface area contributed by atoms with Crippen molar-refractivity contribution in [3.05, 3.63) is 59.7 Å². The van der Waals surface area contributed by atoms with E-state index < -0.39 is 0 Å². The number of carbonyl (C=O) groups excluding carboxylic acids is 1. The van der Waals surface area contributed by atoms with Crippen LogP contribution in [-0.4, -0.2) is 19.0 Å². The third kappa shape index (κ3) is 2.59. The van der Waals surface area contributed by atoms with Gasteiger partial charge in [0.2, 0.25) is 0 Å². The van der Waals surface area contributed by atoms with E-state index in [1.165, 1.54) is 0 Å². The van der Waals surface area contributed by atoms with Crippen LogP contribution in [0.5, 0.6) is 0 Å². The highest BCUT2D eigenvalue weighted by Gasteiger charge is 2.16. The minimum absolute atomic E-state index is 0.0538. The molecular weight excluding hydrogens is 250 g/mol. The van der Waals surface area contributed by atoms with Crippen molar-refractivity contribution >= 4 is 17.3 Å². The van der Waals surface area contributed by atoms with Crippen LogP contribution < -0.4 is 16.0 Å². The smallest absolute Gasteiger partial charge is 0.253 e. The van der Waals surface area contributed by atoms with E-state index in [2.05, 4.69) is 16.0 Å². The topological polar surface area (TPSA) is 53.2 Å². The van der Waals surface area contributed by atoms with E-state index in [4.69, 9.17) is 0 Å². The van der Waals surface area contributed by atoms with Crippen LogP contribution in [0.2, 0.25) is 0 Å². The molecule has 0 saturated carbocycles. The lowest BCUT2D eigenvalue weighted by atomic mass is 10.1. The normalized spacial score (nSPS) is 12.8. The molecule has 1 aliphatic rings. The highest BCUT2D eigenvalue weighted by Crippen LogP contribution is 2.28. The van der Waals surface area contributed by atoms with Gasteiger partial charge in [0, 0.05) is 19.6 Å². The Bertz CT molecular complexity index is 610. The maximum atomic E-state index is 12.3. The van der Waals surface area contributed by atoms with E-state index >= 15 is 0 Å². The first-order valence-corrected chi connectivity index (χ1v) is 6.77. The highest BCUT2D eigenvalue weighted by molar-refractivity contribution is 6.02. The van der Waals surface area contributed by atoms with Gasteiger partial charge < -0.3 is 16.0 Å². The molecule has 0 aromatic heterocycles. The van der Waals surface area contributed by atoms with Gasteiger partial charge in [-0.15, -0.1) is 0 Å². The average molecular weight is 267 g/mol. The molecule has 0 radical (unpaired) electrons. The summed E-state index contributed by atoms with van der Waals surface area (Å²) in [5.41, 5.74) is 3.66. The van der Waals surface area contributed by atoms with Crippen molar-refractivity contribution in [3.63, 3.8) is 0 Å². The van der Waals surface area contributed by atoms with Crippen molar-refractivity contribution in [2.45, 2.75) is 6.54 Å². The molecule has 0 spiro atoms. The number of benzene rings is 2. The van der Waals surface area contributed by atoms with E-state index in [1.807, 2.05) is 48.5 Å². The molecule has 1 heterocycles. The third-order valence-corrected chi connectivity index (χ3v) is 3.35. The fourth-order valence-electron chi connectivity index (χ4n) is 2.34. The lowest BCUT2D eigenvalue weighted by Crippen LogP contribution is -2.27. The number of hydrogen-bond acceptors (Lipinski definition) is 3. The quantitative estimate of drug-likeness (QED) is 0.800. The number of anilines is 2. The van der Waals surface area contributed by atoms with Crippen LogP contribution in [0.25, 0.3) is 0 Å². The zero-order valence-electron chi connectivity index (χ0n) is 11.1. The standard InChI is InChI=1S/C16H17N3O/c20-16(19-11-12-5-2-1-3-6-12)13-7-4-8-14-15(13)18-10-9-17-14/h1-8,17-18H,9-11H2,(H,19,20). The maximum absolute atomic E-state index is 12.3. The van der Waals surface area contributed by atoms with E-state index in [9.17, 15) is 4.79 Å². The summed E-state index contributed by atoms with van der Waals surface area (Å²) in [5, 5.41) is 9.53. The average Bonchev–Trinajstić information content (AvgIpc) is 2.53. The van der Waals surface area contributed by atoms with Crippen molar-refractivity contribution in [2.75, 3.05) is 23.7 Å². The predicted molar refractivity (Wildman–Crippen MR) is 81.0 cm³/mol. The second-order valence-corrected chi connectivity index (χ2v) is 4.75. The van der Waals surface area contributed by atoms with Crippen LogP contribution in [0.1, 0.15) is 15.9 Å². The SMILES string of the molecule is O=C(NCc1ccccc1)c1cccc2c1NCCN2. The molecule has 0 atom stereocenters. The molecule has 1 aliphatic heterocycles. The van der Waals surface area contributed by atoms with Crippen LogP contribution in [-0.2, 0) is 6.54 Å². The molecule has 2 aromatic rings. The van der Waals surface area contributed by atoms with Gasteiger partial charge >= 0.3 is 0 Å². The van der Waals surface area contributed by atoms with Crippen LogP contribution >= 0.6 is 0 Å². The van der Waals surface area contributed by atoms with Crippen LogP contribution in [0.3, 0.4) is 0 Å². The molecule has 0 bridgehead atoms. The summed E-state index contributed by atoms with van der Waals surface area (Å²) in [4.78, 5) is 12.3. The van der Waals surface area contributed by atoms with Crippen LogP contribution in [0.15, 0.2) is 48.5 Å². The molecule has 0 saturated heterocycles. The van der Waals surface area contributed by atoms with E-state index in [0.717, 1.165) is 30.0 Å². The molecule has 1 amide bonds. The van der Waals surface area contributed by atoms with Gasteiger partial charge in [0.1, 0.15) is 0 Å². The Kier molecular flexibility index (Phi) is 3.54. The summed E-state index contributed by atoms with van der Waals surface area (Å²) >= 11 is 0. The van der Waals surface area contributed by atoms with Gasteiger partial charge in [-0.05, 0) is 17.7 Å². The summed E-state index contributed by atoms with van der Waals surface area (Å²) in [6, 6.07) is 15.6. The highest BCUT2D eigenvalue weighted by atomic mass is 16.1. The summed E-state index contributed by atoms with van der Waals surface area (Å²) in [6.07, 6.45) is 0. The molecule has 0 fully saturated rings. The summed E-state index contributed by atoms with van der Waals surface area (Å²) in [5.74, 6) is -0.0538. The van der Waals surface area contributed by atoms with Crippen LogP contribution in [0, 0.1) is 0 Å². The van der Waals surface area contributed by atoms with Crippen molar-refractivity contribution < 1.29 is 4.79 Å². The van der Waals surface area contributed by atoms with Gasteiger partial charge in [-0.3, -0.25) is 4.79 Å². The first-order valence-electron chi connectivity index (χ1n) is 6.77. The molecule has 4 heteroatoms. The number of rotatable bonds is 3. The van der Waals surface area contributed by atoms with Crippen LogP contribution in [0.4, 0.5) is 11.4 Å². The second-order valence-electron chi connectivity index (χ2n) is 4.75. The number of para-hydroxylation sites is 1. The van der Waals surface area contributed by atoms with Gasteiger partial charge in [0.15, 0.2) is 0 Å². The molecule has 3 N–H and O–H groups in total. The van der Waals surface area contributed by atoms with Crippen molar-refractivity contribution in [1.29, 1.82) is 0 Å². The first kappa shape index (κ1) is 12.5. The number of amides is 1. The van der Waals surface area contributed by atoms with Gasteiger partial charge in [-0.1, -0.05) is 36.4 Å². The summed E-state index contributed by atoms with van der Waals surface area (Å²) < 4.78 is 0. The monoisotopic (exact) mass is 267 g/mol. The molecular formula is C16H17N3O. The Morgan fingerprint density at radius 3 is 2.65 bits per heavy atom. The molecule has 20 heavy (non-hydrogen) atoms. The lowest BCUT2D eigenvalue weighted by molar-refractivity contribution is 0.0951. The summed E-state index contributed by atoms with van der Waals surface area (Å²) in [7, 11) is 0. The third-order valence-electron chi connectivity index (χ3n) is 3.35. The van der Waals surface area contributed by atoms with Crippen molar-refractivity contribution in [1.82, 2.24) is 5.32 Å². The second kappa shape index (κ2) is 5.65. The Morgan fingerprint density at radius 2 is 1.80 bits per heavy atom. The van der Waals surface area contributed by atoms with E-state index in [1.54, 1.807) is 0 Å². The number of carbonyl (C=O) groups is 1. The minimum atomic E-state index is -0.0538. The largest absolute Gasteiger partial charge is 0.382 e. The zero-order chi connectivity index (χ0) is 13.8. The Balaban J connectivity index is 1.74. The number of nitrogens with one attached hydrogen (secondary N) is 3. The zero-order valence-corrected chi connectivity index (χ0v) is 11.1. The van der Waals surface area contributed by atoms with Gasteiger partial charge in [-0.25, -0.2) is 0 Å². The molecule has 0 aliphatic carbocycles. The Morgan fingerprint density at radius 1 is 1.00 bits per heavy atom. The molecule has 2 aromatic carbocycles. The predicted octanol–water partition coefficient (Wildman–Crippen LogP) is 2.45. The van der Waals surface area contributed by atoms with E-state index in [-0.39, 0.29) is 5.91 Å². The number of hydrogen-bond donors (Lipinski definition) is 3. The number of fused-ring (bicyclic) bond motifs is 1. The Labute approximate surface area is 118 Å². The van der Waals surface area contributed by atoms with Gasteiger partial charge in [-0.2, -0.15) is 0 Å². The maximum Gasteiger partial charge on any atom is 0.253 e. The molecule has 0 unspecified atom stereocenters. The fourth-order valence-corrected chi connectivity index (χ4v) is 2.34. The Hall–Kier alpha value is -2.49. The van der Waals surface area contributed by atoms with Gasteiger partial charge in [0.25, 0.3) is 5.91 Å². The van der Waals surface area contributed by atoms with E-state index in [0.29, 0.717) is 12.1 Å². The first-order chi connectivity index (χ1) is 9.84. The van der Waals surface area contributed by atoms with Crippen molar-refractivity contribution in [2.24, 2.45) is 0 Å².